The van der Waals surface area contributed by atoms with Gasteiger partial charge in [-0.3, -0.25) is 9.98 Å². The van der Waals surface area contributed by atoms with E-state index in [4.69, 9.17) is 26.9 Å². The largest absolute Gasteiger partial charge is 0.482 e. The summed E-state index contributed by atoms with van der Waals surface area (Å²) in [4.78, 5) is 13.7. The van der Waals surface area contributed by atoms with Crippen LogP contribution in [0.1, 0.15) is 55.9 Å². The summed E-state index contributed by atoms with van der Waals surface area (Å²) < 4.78 is 20.4. The molecule has 1 saturated carbocycles. The summed E-state index contributed by atoms with van der Waals surface area (Å²) in [6, 6.07) is 6.30. The van der Waals surface area contributed by atoms with E-state index in [0.717, 1.165) is 22.4 Å². The Bertz CT molecular complexity index is 1200. The number of ether oxygens (including phenoxy) is 1. The number of hydrogen-bond donors (Lipinski definition) is 3. The summed E-state index contributed by atoms with van der Waals surface area (Å²) in [5, 5.41) is 0. The molecule has 1 aliphatic carbocycles. The number of pyridine rings is 1. The molecule has 1 aromatic carbocycles. The Labute approximate surface area is 199 Å². The third-order valence-corrected chi connectivity index (χ3v) is 6.07. The molecule has 6 N–H and O–H groups in total. The molecule has 4 rings (SSSR count). The van der Waals surface area contributed by atoms with Gasteiger partial charge in [0.1, 0.15) is 11.9 Å². The van der Waals surface area contributed by atoms with Crippen LogP contribution in [0.5, 0.6) is 5.75 Å². The number of allylic oxidation sites excluding steroid dienone is 2. The average molecular weight is 463 g/mol. The minimum atomic E-state index is -0.538. The van der Waals surface area contributed by atoms with E-state index in [-0.39, 0.29) is 11.6 Å². The lowest BCUT2D eigenvalue weighted by Gasteiger charge is -2.23. The zero-order chi connectivity index (χ0) is 24.2. The van der Waals surface area contributed by atoms with E-state index in [1.807, 2.05) is 19.9 Å². The molecule has 0 amide bonds. The second-order valence-electron chi connectivity index (χ2n) is 8.67. The summed E-state index contributed by atoms with van der Waals surface area (Å²) in [5.41, 5.74) is 23.7. The van der Waals surface area contributed by atoms with Gasteiger partial charge in [-0.2, -0.15) is 0 Å². The number of hydrogen-bond acceptors (Lipinski definition) is 7. The van der Waals surface area contributed by atoms with Crippen molar-refractivity contribution in [3.05, 3.63) is 70.3 Å². The molecular weight excluding hydrogens is 431 g/mol. The molecule has 7 nitrogen and oxygen atoms in total. The molecule has 1 aliphatic heterocycles. The van der Waals surface area contributed by atoms with E-state index in [1.54, 1.807) is 24.7 Å². The molecule has 2 aromatic rings. The highest BCUT2D eigenvalue weighted by Crippen LogP contribution is 2.34. The number of anilines is 1. The van der Waals surface area contributed by atoms with Crippen molar-refractivity contribution in [1.29, 1.82) is 0 Å². The lowest BCUT2D eigenvalue weighted by molar-refractivity contribution is 0.226. The van der Waals surface area contributed by atoms with Gasteiger partial charge in [-0.1, -0.05) is 0 Å². The lowest BCUT2D eigenvalue weighted by Crippen LogP contribution is -2.17. The van der Waals surface area contributed by atoms with Crippen LogP contribution in [0.15, 0.2) is 57.8 Å². The molecule has 2 aliphatic rings. The highest BCUT2D eigenvalue weighted by atomic mass is 19.1. The van der Waals surface area contributed by atoms with Gasteiger partial charge in [-0.05, 0) is 74.2 Å². The van der Waals surface area contributed by atoms with E-state index < -0.39 is 6.10 Å². The van der Waals surface area contributed by atoms with Crippen molar-refractivity contribution >= 4 is 23.4 Å². The maximum absolute atomic E-state index is 14.3. The van der Waals surface area contributed by atoms with Crippen LogP contribution in [0.4, 0.5) is 10.2 Å². The molecule has 1 atom stereocenters. The van der Waals surface area contributed by atoms with Gasteiger partial charge in [0.25, 0.3) is 0 Å². The predicted molar refractivity (Wildman–Crippen MR) is 135 cm³/mol. The smallest absolute Gasteiger partial charge is 0.166 e. The first-order chi connectivity index (χ1) is 16.4. The van der Waals surface area contributed by atoms with Crippen LogP contribution in [0.25, 0.3) is 5.70 Å². The summed E-state index contributed by atoms with van der Waals surface area (Å²) in [6.07, 6.45) is 7.21. The zero-order valence-corrected chi connectivity index (χ0v) is 19.6. The van der Waals surface area contributed by atoms with Crippen molar-refractivity contribution in [2.24, 2.45) is 27.4 Å². The maximum atomic E-state index is 14.3. The Hall–Kier alpha value is -3.68. The van der Waals surface area contributed by atoms with E-state index in [0.29, 0.717) is 48.0 Å². The first-order valence-corrected chi connectivity index (χ1v) is 11.6. The fraction of sp³-hybridized carbons (Fsp3) is 0.346. The number of nitrogens with two attached hydrogens (primary N) is 3. The van der Waals surface area contributed by atoms with Crippen LogP contribution in [-0.4, -0.2) is 30.0 Å². The van der Waals surface area contributed by atoms with Gasteiger partial charge in [-0.15, -0.1) is 0 Å². The highest BCUT2D eigenvalue weighted by molar-refractivity contribution is 6.14. The number of fused-ring (bicyclic) bond motifs is 3. The van der Waals surface area contributed by atoms with Crippen LogP contribution in [-0.2, 0) is 0 Å². The van der Waals surface area contributed by atoms with E-state index >= 15 is 0 Å². The van der Waals surface area contributed by atoms with Crippen molar-refractivity contribution < 1.29 is 9.13 Å². The molecular formula is C26H31FN6O. The third kappa shape index (κ3) is 5.11. The first kappa shape index (κ1) is 23.5. The highest BCUT2D eigenvalue weighted by Gasteiger charge is 2.24. The van der Waals surface area contributed by atoms with Crippen molar-refractivity contribution in [3.8, 4) is 5.75 Å². The average Bonchev–Trinajstić information content (AvgIpc) is 3.65. The van der Waals surface area contributed by atoms with E-state index in [9.17, 15) is 4.39 Å². The zero-order valence-electron chi connectivity index (χ0n) is 19.6. The summed E-state index contributed by atoms with van der Waals surface area (Å²) in [6.45, 7) is 5.09. The molecule has 1 unspecified atom stereocenters. The second-order valence-corrected chi connectivity index (χ2v) is 8.67. The fourth-order valence-corrected chi connectivity index (χ4v) is 3.96. The van der Waals surface area contributed by atoms with Crippen LogP contribution < -0.4 is 21.9 Å². The first-order valence-electron chi connectivity index (χ1n) is 11.6. The number of nitrogen functional groups attached to an aromatic ring is 1. The second kappa shape index (κ2) is 10.1. The number of benzene rings is 1. The quantitative estimate of drug-likeness (QED) is 0.589. The van der Waals surface area contributed by atoms with Crippen LogP contribution in [0, 0.1) is 11.7 Å². The summed E-state index contributed by atoms with van der Waals surface area (Å²) in [7, 11) is 0. The molecule has 1 aromatic heterocycles. The van der Waals surface area contributed by atoms with E-state index in [1.165, 1.54) is 25.0 Å². The van der Waals surface area contributed by atoms with Gasteiger partial charge in [0.05, 0.1) is 5.71 Å². The Morgan fingerprint density at radius 2 is 2.03 bits per heavy atom. The monoisotopic (exact) mass is 462 g/mol. The predicted octanol–water partition coefficient (Wildman–Crippen LogP) is 4.15. The van der Waals surface area contributed by atoms with E-state index in [2.05, 4.69) is 9.98 Å². The summed E-state index contributed by atoms with van der Waals surface area (Å²) in [5.74, 6) is 0.847. The van der Waals surface area contributed by atoms with Crippen molar-refractivity contribution in [2.75, 3.05) is 18.8 Å². The topological polar surface area (TPSA) is 125 Å². The lowest BCUT2D eigenvalue weighted by atomic mass is 9.92. The standard InChI is InChI=1S/C26H31FN6O/c1-3-31-13-18-8-17(11-28)25(32-12-16-4-5-16)19-9-23(26(30)33-14-19)34-15(2)22-10-20(27)6-7-21(22)24(18)29/h6-7,9-11,13-16H,3-5,8,12,28-29H2,1-2H3,(H2,30,33). The number of aliphatic imine (C=N–C) groups is 2. The molecule has 1 fully saturated rings. The Kier molecular flexibility index (Phi) is 6.95. The van der Waals surface area contributed by atoms with Crippen LogP contribution in [0.3, 0.4) is 0 Å². The van der Waals surface area contributed by atoms with Crippen molar-refractivity contribution in [3.63, 3.8) is 0 Å². The molecule has 0 radical (unpaired) electrons. The number of nitrogens with zero attached hydrogens (tertiary/aromatic N) is 3. The molecule has 0 spiro atoms. The van der Waals surface area contributed by atoms with Crippen molar-refractivity contribution in [2.45, 2.75) is 39.2 Å². The number of halogens is 1. The molecule has 0 saturated heterocycles. The van der Waals surface area contributed by atoms with Gasteiger partial charge in [0.2, 0.25) is 0 Å². The van der Waals surface area contributed by atoms with Gasteiger partial charge in [0.15, 0.2) is 11.6 Å². The minimum Gasteiger partial charge on any atom is -0.482 e. The van der Waals surface area contributed by atoms with Gasteiger partial charge in [-0.25, -0.2) is 9.37 Å². The van der Waals surface area contributed by atoms with Crippen LogP contribution in [0.2, 0.25) is 0 Å². The Morgan fingerprint density at radius 3 is 2.74 bits per heavy atom. The molecule has 2 bridgehead atoms. The normalized spacial score (nSPS) is 21.3. The van der Waals surface area contributed by atoms with Gasteiger partial charge in [0, 0.05) is 54.3 Å². The van der Waals surface area contributed by atoms with Gasteiger partial charge < -0.3 is 21.9 Å². The fourth-order valence-electron chi connectivity index (χ4n) is 3.96. The van der Waals surface area contributed by atoms with Crippen molar-refractivity contribution in [1.82, 2.24) is 4.98 Å². The SMILES string of the molecule is CCN=CC1=C(N)c2ccc(F)cc2C(C)Oc2cc(cnc2N)C(=NCC2CC2)C(=CN)C1. The molecule has 2 heterocycles. The minimum absolute atomic E-state index is 0.240. The summed E-state index contributed by atoms with van der Waals surface area (Å²) >= 11 is 0. The number of aromatic nitrogens is 1. The maximum Gasteiger partial charge on any atom is 0.166 e. The number of rotatable bonds is 4. The van der Waals surface area contributed by atoms with Gasteiger partial charge >= 0.3 is 0 Å². The Morgan fingerprint density at radius 1 is 1.24 bits per heavy atom. The Balaban J connectivity index is 1.94. The molecule has 8 heteroatoms. The third-order valence-electron chi connectivity index (χ3n) is 6.07. The van der Waals surface area contributed by atoms with Crippen LogP contribution >= 0.6 is 0 Å². The molecule has 178 valence electrons. The molecule has 34 heavy (non-hydrogen) atoms.